The number of nitriles is 1. The van der Waals surface area contributed by atoms with Gasteiger partial charge in [-0.3, -0.25) is 24.6 Å². The van der Waals surface area contributed by atoms with Crippen LogP contribution in [0, 0.1) is 26.9 Å². The third-order valence-electron chi connectivity index (χ3n) is 10.8. The number of nitro groups is 1. The fourth-order valence-electron chi connectivity index (χ4n) is 8.89. The number of carbonyl (C=O) groups is 2. The normalized spacial score (nSPS) is 23.9. The molecule has 2 saturated heterocycles. The number of nitrogens with zero attached hydrogens (tertiary/aromatic N) is 5. The number of Topliss-reactive ketones (excluding diaryl/α,β-unsaturated/α-hetero) is 1. The quantitative estimate of drug-likeness (QED) is 0.114. The average Bonchev–Trinajstić information content (AvgIpc) is 3.97. The van der Waals surface area contributed by atoms with E-state index in [1.165, 1.54) is 12.1 Å². The molecule has 1 spiro atoms. The molecular formula is C39H29N7O4. The molecule has 50 heavy (non-hydrogen) atoms. The lowest BCUT2D eigenvalue weighted by Gasteiger charge is -2.38. The summed E-state index contributed by atoms with van der Waals surface area (Å²) in [5, 5.41) is 32.6. The van der Waals surface area contributed by atoms with Crippen molar-refractivity contribution in [1.82, 2.24) is 19.7 Å². The van der Waals surface area contributed by atoms with E-state index in [0.29, 0.717) is 52.8 Å². The number of nitro benzene ring substituents is 1. The molecule has 0 bridgehead atoms. The average molecular weight is 660 g/mol. The lowest BCUT2D eigenvalue weighted by Crippen LogP contribution is -2.50. The number of hydrogen-bond acceptors (Lipinski definition) is 7. The van der Waals surface area contributed by atoms with Crippen molar-refractivity contribution in [2.24, 2.45) is 5.41 Å². The van der Waals surface area contributed by atoms with Crippen LogP contribution in [0.15, 0.2) is 116 Å². The fraction of sp³-hybridized carbons (Fsp3) is 0.179. The second kappa shape index (κ2) is 10.8. The number of anilines is 1. The van der Waals surface area contributed by atoms with Gasteiger partial charge < -0.3 is 10.3 Å². The zero-order chi connectivity index (χ0) is 34.2. The van der Waals surface area contributed by atoms with E-state index in [1.807, 2.05) is 96.0 Å². The van der Waals surface area contributed by atoms with Gasteiger partial charge in [0.15, 0.2) is 5.78 Å². The minimum Gasteiger partial charge on any atom is -0.360 e. The summed E-state index contributed by atoms with van der Waals surface area (Å²) >= 11 is 0. The molecule has 0 aliphatic carbocycles. The Labute approximate surface area is 285 Å². The highest BCUT2D eigenvalue weighted by Crippen LogP contribution is 2.68. The van der Waals surface area contributed by atoms with Crippen LogP contribution in [0.1, 0.15) is 40.2 Å². The van der Waals surface area contributed by atoms with Crippen molar-refractivity contribution in [2.45, 2.75) is 30.3 Å². The molecule has 11 nitrogen and oxygen atoms in total. The minimum atomic E-state index is -1.81. The SMILES string of the molecule is N#C[C@]1(C(=O)c2c[nH]c3ccccc23)C2CCCN2[C@]2(C(=O)Nc3ccc([N+](=O)[O-])cc32)[C@@H]1c1cn(-c2ccccc2)nc1-c1ccccc1. The number of rotatable bonds is 6. The number of nitrogens with one attached hydrogen (secondary N) is 2. The Morgan fingerprint density at radius 1 is 1.00 bits per heavy atom. The number of non-ortho nitro benzene ring substituents is 1. The molecule has 244 valence electrons. The van der Waals surface area contributed by atoms with Crippen molar-refractivity contribution in [3.63, 3.8) is 0 Å². The third kappa shape index (κ3) is 3.85. The number of ketones is 1. The Morgan fingerprint density at radius 2 is 1.74 bits per heavy atom. The van der Waals surface area contributed by atoms with E-state index in [0.717, 1.165) is 16.8 Å². The summed E-state index contributed by atoms with van der Waals surface area (Å²) in [4.78, 5) is 47.4. The Balaban J connectivity index is 1.41. The van der Waals surface area contributed by atoms with Crippen LogP contribution in [0.3, 0.4) is 0 Å². The molecule has 2 N–H and O–H groups in total. The molecule has 6 aromatic rings. The number of carbonyl (C=O) groups excluding carboxylic acids is 2. The molecule has 5 heterocycles. The molecule has 0 radical (unpaired) electrons. The summed E-state index contributed by atoms with van der Waals surface area (Å²) in [6.07, 6.45) is 4.58. The number of para-hydroxylation sites is 2. The second-order valence-corrected chi connectivity index (χ2v) is 13.1. The van der Waals surface area contributed by atoms with Crippen molar-refractivity contribution in [2.75, 3.05) is 11.9 Å². The maximum atomic E-state index is 15.5. The van der Waals surface area contributed by atoms with Gasteiger partial charge in [0.25, 0.3) is 5.69 Å². The van der Waals surface area contributed by atoms with Gasteiger partial charge in [-0.1, -0.05) is 66.7 Å². The molecule has 4 atom stereocenters. The first-order valence-corrected chi connectivity index (χ1v) is 16.5. The van der Waals surface area contributed by atoms with Gasteiger partial charge in [-0.15, -0.1) is 0 Å². The lowest BCUT2D eigenvalue weighted by molar-refractivity contribution is -0.384. The number of benzene rings is 4. The highest BCUT2D eigenvalue weighted by atomic mass is 16.6. The number of hydrogen-bond donors (Lipinski definition) is 2. The van der Waals surface area contributed by atoms with E-state index in [-0.39, 0.29) is 5.69 Å². The van der Waals surface area contributed by atoms with Crippen molar-refractivity contribution < 1.29 is 14.5 Å². The van der Waals surface area contributed by atoms with Crippen LogP contribution >= 0.6 is 0 Å². The van der Waals surface area contributed by atoms with E-state index < -0.39 is 39.5 Å². The van der Waals surface area contributed by atoms with Gasteiger partial charge in [0.2, 0.25) is 5.91 Å². The smallest absolute Gasteiger partial charge is 0.269 e. The molecule has 2 aromatic heterocycles. The highest BCUT2D eigenvalue weighted by molar-refractivity contribution is 6.15. The molecule has 1 amide bonds. The zero-order valence-electron chi connectivity index (χ0n) is 26.6. The Bertz CT molecular complexity index is 2410. The number of aromatic amines is 1. The molecule has 2 fully saturated rings. The van der Waals surface area contributed by atoms with E-state index in [4.69, 9.17) is 5.10 Å². The number of amides is 1. The monoisotopic (exact) mass is 659 g/mol. The standard InChI is InChI=1S/C39H29N7O4/c40-23-38(36(47)28-21-41-31-15-8-7-14-27(28)31)33-16-9-19-44(33)39(30-20-26(46(49)50)17-18-32(30)42-37(39)48)35(38)29-22-45(25-12-5-2-6-13-25)43-34(29)24-10-3-1-4-11-24/h1-8,10-15,17-18,20-22,33,35,41H,9,16,19H2,(H,42,48)/t33?,35-,38+,39+/m1/s1. The zero-order valence-corrected chi connectivity index (χ0v) is 26.6. The summed E-state index contributed by atoms with van der Waals surface area (Å²) in [5.74, 6) is -1.96. The lowest BCUT2D eigenvalue weighted by atomic mass is 9.60. The predicted molar refractivity (Wildman–Crippen MR) is 186 cm³/mol. The van der Waals surface area contributed by atoms with Gasteiger partial charge in [0.1, 0.15) is 11.0 Å². The Hall–Kier alpha value is -6.38. The molecule has 3 aliphatic heterocycles. The summed E-state index contributed by atoms with van der Waals surface area (Å²) in [7, 11) is 0. The van der Waals surface area contributed by atoms with Crippen LogP contribution in [-0.4, -0.2) is 48.9 Å². The first-order chi connectivity index (χ1) is 24.4. The largest absolute Gasteiger partial charge is 0.360 e. The second-order valence-electron chi connectivity index (χ2n) is 13.1. The minimum absolute atomic E-state index is 0.185. The molecule has 1 unspecified atom stereocenters. The Morgan fingerprint density at radius 3 is 2.50 bits per heavy atom. The highest BCUT2D eigenvalue weighted by Gasteiger charge is 2.76. The van der Waals surface area contributed by atoms with Gasteiger partial charge in [-0.2, -0.15) is 10.4 Å². The van der Waals surface area contributed by atoms with Gasteiger partial charge in [-0.05, 0) is 43.7 Å². The van der Waals surface area contributed by atoms with Crippen LogP contribution in [0.2, 0.25) is 0 Å². The Kier molecular flexibility index (Phi) is 6.43. The van der Waals surface area contributed by atoms with Crippen LogP contribution in [0.4, 0.5) is 11.4 Å². The van der Waals surface area contributed by atoms with Gasteiger partial charge in [0, 0.05) is 75.3 Å². The van der Waals surface area contributed by atoms with Gasteiger partial charge in [-0.25, -0.2) is 4.68 Å². The van der Waals surface area contributed by atoms with Crippen molar-refractivity contribution in [3.8, 4) is 23.0 Å². The first kappa shape index (κ1) is 29.7. The first-order valence-electron chi connectivity index (χ1n) is 16.5. The summed E-state index contributed by atoms with van der Waals surface area (Å²) in [5.41, 5.74) is 0.789. The summed E-state index contributed by atoms with van der Waals surface area (Å²) in [6.45, 7) is 0.412. The number of aromatic nitrogens is 3. The van der Waals surface area contributed by atoms with Crippen molar-refractivity contribution in [1.29, 1.82) is 5.26 Å². The van der Waals surface area contributed by atoms with Crippen LogP contribution < -0.4 is 5.32 Å². The maximum absolute atomic E-state index is 15.5. The topological polar surface area (TPSA) is 150 Å². The maximum Gasteiger partial charge on any atom is 0.269 e. The van der Waals surface area contributed by atoms with Crippen LogP contribution in [0.25, 0.3) is 27.8 Å². The van der Waals surface area contributed by atoms with Crippen LogP contribution in [0.5, 0.6) is 0 Å². The van der Waals surface area contributed by atoms with E-state index in [9.17, 15) is 20.2 Å². The number of H-pyrrole nitrogens is 1. The molecule has 3 aliphatic rings. The van der Waals surface area contributed by atoms with Crippen molar-refractivity contribution in [3.05, 3.63) is 142 Å². The predicted octanol–water partition coefficient (Wildman–Crippen LogP) is 6.73. The van der Waals surface area contributed by atoms with Gasteiger partial charge >= 0.3 is 0 Å². The molecule has 4 aromatic carbocycles. The fourth-order valence-corrected chi connectivity index (χ4v) is 8.89. The number of fused-ring (bicyclic) bond motifs is 5. The summed E-state index contributed by atoms with van der Waals surface area (Å²) in [6, 6.07) is 32.6. The molecule has 11 heteroatoms. The molecule has 0 saturated carbocycles. The van der Waals surface area contributed by atoms with Gasteiger partial charge in [0.05, 0.1) is 22.4 Å². The van der Waals surface area contributed by atoms with E-state index in [1.54, 1.807) is 16.9 Å². The molecule has 9 rings (SSSR count). The summed E-state index contributed by atoms with van der Waals surface area (Å²) < 4.78 is 1.72. The molecular weight excluding hydrogens is 630 g/mol. The van der Waals surface area contributed by atoms with E-state index in [2.05, 4.69) is 16.4 Å². The third-order valence-corrected chi connectivity index (χ3v) is 10.8. The van der Waals surface area contributed by atoms with Crippen molar-refractivity contribution >= 4 is 34.0 Å². The van der Waals surface area contributed by atoms with Crippen LogP contribution in [-0.2, 0) is 10.3 Å². The van der Waals surface area contributed by atoms with E-state index >= 15 is 4.79 Å².